The average molecular weight is 220 g/mol. The van der Waals surface area contributed by atoms with Crippen LogP contribution in [0.25, 0.3) is 0 Å². The molecule has 0 atom stereocenters. The topological polar surface area (TPSA) is 29.3 Å². The van der Waals surface area contributed by atoms with Gasteiger partial charge < -0.3 is 10.6 Å². The number of nitrogen functional groups attached to an aromatic ring is 1. The van der Waals surface area contributed by atoms with Crippen LogP contribution in [0.4, 0.5) is 11.4 Å². The van der Waals surface area contributed by atoms with Crippen LogP contribution in [0, 0.1) is 5.92 Å². The van der Waals surface area contributed by atoms with Crippen LogP contribution < -0.4 is 10.6 Å². The predicted octanol–water partition coefficient (Wildman–Crippen LogP) is 3.53. The second-order valence-corrected chi connectivity index (χ2v) is 4.71. The largest absolute Gasteiger partial charge is 0.399 e. The molecule has 1 aromatic rings. The molecule has 0 aromatic heterocycles. The molecule has 0 aliphatic rings. The molecule has 0 heterocycles. The van der Waals surface area contributed by atoms with Crippen molar-refractivity contribution < 1.29 is 0 Å². The highest BCUT2D eigenvalue weighted by atomic mass is 15.1. The van der Waals surface area contributed by atoms with Crippen molar-refractivity contribution in [1.29, 1.82) is 0 Å². The quantitative estimate of drug-likeness (QED) is 0.743. The lowest BCUT2D eigenvalue weighted by Gasteiger charge is -2.23. The minimum atomic E-state index is 0.796. The summed E-state index contributed by atoms with van der Waals surface area (Å²) in [7, 11) is 0. The van der Waals surface area contributed by atoms with E-state index in [2.05, 4.69) is 37.8 Å². The number of benzene rings is 1. The number of rotatable bonds is 6. The van der Waals surface area contributed by atoms with E-state index in [9.17, 15) is 0 Å². The summed E-state index contributed by atoms with van der Waals surface area (Å²) in [6.45, 7) is 8.95. The maximum absolute atomic E-state index is 5.69. The van der Waals surface area contributed by atoms with Crippen LogP contribution in [0.2, 0.25) is 0 Å². The Kier molecular flexibility index (Phi) is 5.17. The van der Waals surface area contributed by atoms with Crippen LogP contribution in [-0.2, 0) is 0 Å². The van der Waals surface area contributed by atoms with Crippen molar-refractivity contribution in [2.24, 2.45) is 5.92 Å². The molecule has 2 N–H and O–H groups in total. The van der Waals surface area contributed by atoms with Gasteiger partial charge in [-0.3, -0.25) is 0 Å². The van der Waals surface area contributed by atoms with Crippen molar-refractivity contribution in [2.45, 2.75) is 33.6 Å². The van der Waals surface area contributed by atoms with Crippen molar-refractivity contribution in [1.82, 2.24) is 0 Å². The van der Waals surface area contributed by atoms with Gasteiger partial charge in [0.2, 0.25) is 0 Å². The molecule has 1 aromatic carbocycles. The number of anilines is 2. The predicted molar refractivity (Wildman–Crippen MR) is 72.8 cm³/mol. The highest BCUT2D eigenvalue weighted by Crippen LogP contribution is 2.17. The van der Waals surface area contributed by atoms with Crippen molar-refractivity contribution >= 4 is 11.4 Å². The van der Waals surface area contributed by atoms with E-state index >= 15 is 0 Å². The summed E-state index contributed by atoms with van der Waals surface area (Å²) in [4.78, 5) is 2.40. The summed E-state index contributed by atoms with van der Waals surface area (Å²) < 4.78 is 0. The second kappa shape index (κ2) is 6.41. The fraction of sp³-hybridized carbons (Fsp3) is 0.571. The number of nitrogens with two attached hydrogens (primary N) is 1. The van der Waals surface area contributed by atoms with Gasteiger partial charge in [0, 0.05) is 24.5 Å². The molecule has 0 saturated heterocycles. The molecule has 0 amide bonds. The van der Waals surface area contributed by atoms with Gasteiger partial charge in [-0.15, -0.1) is 0 Å². The summed E-state index contributed by atoms with van der Waals surface area (Å²) in [5.41, 5.74) is 7.80. The first-order valence-corrected chi connectivity index (χ1v) is 6.24. The van der Waals surface area contributed by atoms with Gasteiger partial charge in [0.1, 0.15) is 0 Å². The molecule has 0 fully saturated rings. The Morgan fingerprint density at radius 3 is 2.31 bits per heavy atom. The maximum atomic E-state index is 5.69. The highest BCUT2D eigenvalue weighted by molar-refractivity contribution is 5.52. The standard InChI is InChI=1S/C14H24N2/c1-4-16(11-5-6-12(2)3)14-9-7-13(15)8-10-14/h7-10,12H,4-6,11,15H2,1-3H3. The molecule has 16 heavy (non-hydrogen) atoms. The first-order chi connectivity index (χ1) is 7.63. The van der Waals surface area contributed by atoms with Gasteiger partial charge >= 0.3 is 0 Å². The first-order valence-electron chi connectivity index (χ1n) is 6.24. The van der Waals surface area contributed by atoms with E-state index < -0.39 is 0 Å². The molecule has 0 aliphatic heterocycles. The summed E-state index contributed by atoms with van der Waals surface area (Å²) in [5.74, 6) is 0.796. The van der Waals surface area contributed by atoms with Crippen molar-refractivity contribution in [3.8, 4) is 0 Å². The molecule has 1 rings (SSSR count). The van der Waals surface area contributed by atoms with Crippen molar-refractivity contribution in [3.63, 3.8) is 0 Å². The smallest absolute Gasteiger partial charge is 0.0367 e. The van der Waals surface area contributed by atoms with Gasteiger partial charge in [-0.2, -0.15) is 0 Å². The van der Waals surface area contributed by atoms with Crippen molar-refractivity contribution in [3.05, 3.63) is 24.3 Å². The fourth-order valence-electron chi connectivity index (χ4n) is 1.85. The van der Waals surface area contributed by atoms with Crippen LogP contribution in [0.15, 0.2) is 24.3 Å². The SMILES string of the molecule is CCN(CCCC(C)C)c1ccc(N)cc1. The van der Waals surface area contributed by atoms with Crippen LogP contribution in [0.1, 0.15) is 33.6 Å². The Balaban J connectivity index is 2.50. The van der Waals surface area contributed by atoms with Crippen LogP contribution in [0.3, 0.4) is 0 Å². The van der Waals surface area contributed by atoms with E-state index in [4.69, 9.17) is 5.73 Å². The monoisotopic (exact) mass is 220 g/mol. The molecule has 2 nitrogen and oxygen atoms in total. The fourth-order valence-corrected chi connectivity index (χ4v) is 1.85. The van der Waals surface area contributed by atoms with Gasteiger partial charge in [-0.05, 0) is 49.9 Å². The molecule has 0 spiro atoms. The molecule has 2 heteroatoms. The minimum Gasteiger partial charge on any atom is -0.399 e. The third-order valence-corrected chi connectivity index (χ3v) is 2.85. The molecular formula is C14H24N2. The van der Waals surface area contributed by atoms with Gasteiger partial charge in [-0.1, -0.05) is 13.8 Å². The third-order valence-electron chi connectivity index (χ3n) is 2.85. The molecule has 0 bridgehead atoms. The first kappa shape index (κ1) is 12.9. The third kappa shape index (κ3) is 4.13. The summed E-state index contributed by atoms with van der Waals surface area (Å²) in [6.07, 6.45) is 2.56. The zero-order valence-corrected chi connectivity index (χ0v) is 10.7. The van der Waals surface area contributed by atoms with E-state index in [1.807, 2.05) is 12.1 Å². The Morgan fingerprint density at radius 2 is 1.81 bits per heavy atom. The Hall–Kier alpha value is -1.18. The van der Waals surface area contributed by atoms with E-state index in [0.29, 0.717) is 0 Å². The van der Waals surface area contributed by atoms with E-state index in [1.165, 1.54) is 18.5 Å². The molecule has 0 aliphatic carbocycles. The zero-order valence-electron chi connectivity index (χ0n) is 10.7. The summed E-state index contributed by atoms with van der Waals surface area (Å²) in [6, 6.07) is 8.16. The lowest BCUT2D eigenvalue weighted by atomic mass is 10.1. The van der Waals surface area contributed by atoms with E-state index in [-0.39, 0.29) is 0 Å². The van der Waals surface area contributed by atoms with E-state index in [0.717, 1.165) is 24.7 Å². The molecule has 90 valence electrons. The Labute approximate surface area is 99.5 Å². The average Bonchev–Trinajstić information content (AvgIpc) is 2.26. The molecular weight excluding hydrogens is 196 g/mol. The van der Waals surface area contributed by atoms with Crippen molar-refractivity contribution in [2.75, 3.05) is 23.7 Å². The number of hydrogen-bond acceptors (Lipinski definition) is 2. The lowest BCUT2D eigenvalue weighted by Crippen LogP contribution is -2.24. The molecule has 0 radical (unpaired) electrons. The second-order valence-electron chi connectivity index (χ2n) is 4.71. The van der Waals surface area contributed by atoms with Gasteiger partial charge in [-0.25, -0.2) is 0 Å². The van der Waals surface area contributed by atoms with E-state index in [1.54, 1.807) is 0 Å². The zero-order chi connectivity index (χ0) is 12.0. The number of nitrogens with zero attached hydrogens (tertiary/aromatic N) is 1. The van der Waals surface area contributed by atoms with Crippen LogP contribution in [-0.4, -0.2) is 13.1 Å². The summed E-state index contributed by atoms with van der Waals surface area (Å²) in [5, 5.41) is 0. The van der Waals surface area contributed by atoms with Crippen LogP contribution >= 0.6 is 0 Å². The normalized spacial score (nSPS) is 10.8. The lowest BCUT2D eigenvalue weighted by molar-refractivity contribution is 0.551. The molecule has 0 saturated carbocycles. The van der Waals surface area contributed by atoms with Gasteiger partial charge in [0.15, 0.2) is 0 Å². The summed E-state index contributed by atoms with van der Waals surface area (Å²) >= 11 is 0. The Morgan fingerprint density at radius 1 is 1.19 bits per heavy atom. The highest BCUT2D eigenvalue weighted by Gasteiger charge is 2.04. The van der Waals surface area contributed by atoms with Crippen LogP contribution in [0.5, 0.6) is 0 Å². The maximum Gasteiger partial charge on any atom is 0.0367 e. The minimum absolute atomic E-state index is 0.796. The van der Waals surface area contributed by atoms with Gasteiger partial charge in [0.25, 0.3) is 0 Å². The molecule has 0 unspecified atom stereocenters. The van der Waals surface area contributed by atoms with Gasteiger partial charge in [0.05, 0.1) is 0 Å². The Bertz CT molecular complexity index is 290. The number of hydrogen-bond donors (Lipinski definition) is 1.